The molecular weight excluding hydrogens is 631 g/mol. The number of phosphoric acid groups is 1. The predicted octanol–water partition coefficient (Wildman–Crippen LogP) is 7.71. The zero-order valence-electron chi connectivity index (χ0n) is 27.6. The summed E-state index contributed by atoms with van der Waals surface area (Å²) in [7, 11) is -4.41. The SMILES string of the molecule is Cc1ccccc1COC1=C(OCc2ccccc2C)[C@@H]([C@H](CO)OP(=O)(OCc2ccccc2C)OCc2ccccc2C)OC1=O. The lowest BCUT2D eigenvalue weighted by Gasteiger charge is -2.27. The standard InChI is InChI=1S/C38H41O9P/c1-26-13-5-9-17-30(26)22-42-36-35(46-38(40)37(36)43-23-31-18-10-6-14-27(31)2)34(21-39)47-48(41,44-24-32-19-11-7-15-28(32)3)45-25-33-20-12-8-16-29(33)4/h5-20,34-35,39H,21-25H2,1-4H3/t34-,35+/m0/s1. The summed E-state index contributed by atoms with van der Waals surface area (Å²) < 4.78 is 50.0. The van der Waals surface area contributed by atoms with Gasteiger partial charge in [-0.3, -0.25) is 13.6 Å². The Morgan fingerprint density at radius 3 is 1.46 bits per heavy atom. The number of phosphoric ester groups is 1. The topological polar surface area (TPSA) is 110 Å². The van der Waals surface area contributed by atoms with Crippen LogP contribution in [0, 0.1) is 27.7 Å². The van der Waals surface area contributed by atoms with Gasteiger partial charge in [-0.25, -0.2) is 9.36 Å². The highest BCUT2D eigenvalue weighted by atomic mass is 31.2. The maximum Gasteiger partial charge on any atom is 0.475 e. The van der Waals surface area contributed by atoms with Crippen molar-refractivity contribution in [1.29, 1.82) is 0 Å². The molecule has 0 aromatic heterocycles. The molecule has 1 aliphatic heterocycles. The molecule has 10 heteroatoms. The molecule has 0 bridgehead atoms. The summed E-state index contributed by atoms with van der Waals surface area (Å²) in [6, 6.07) is 30.3. The highest BCUT2D eigenvalue weighted by Crippen LogP contribution is 2.53. The van der Waals surface area contributed by atoms with E-state index in [0.29, 0.717) is 0 Å². The number of ether oxygens (including phenoxy) is 3. The summed E-state index contributed by atoms with van der Waals surface area (Å²) in [6.07, 6.45) is -2.70. The number of hydrogen-bond donors (Lipinski definition) is 1. The largest absolute Gasteiger partial charge is 0.485 e. The number of carbonyl (C=O) groups is 1. The first-order valence-electron chi connectivity index (χ1n) is 15.7. The molecule has 0 unspecified atom stereocenters. The van der Waals surface area contributed by atoms with Gasteiger partial charge in [0.05, 0.1) is 19.8 Å². The van der Waals surface area contributed by atoms with Crippen LogP contribution < -0.4 is 0 Å². The number of aliphatic hydroxyl groups excluding tert-OH is 1. The number of cyclic esters (lactones) is 1. The first kappa shape index (κ1) is 35.1. The van der Waals surface area contributed by atoms with Crippen LogP contribution in [0.2, 0.25) is 0 Å². The Labute approximate surface area is 281 Å². The molecule has 1 aliphatic rings. The van der Waals surface area contributed by atoms with Gasteiger partial charge in [-0.15, -0.1) is 0 Å². The van der Waals surface area contributed by atoms with Crippen molar-refractivity contribution in [1.82, 2.24) is 0 Å². The molecular formula is C38H41O9P. The van der Waals surface area contributed by atoms with Gasteiger partial charge in [0.2, 0.25) is 5.76 Å². The molecule has 1 heterocycles. The zero-order valence-corrected chi connectivity index (χ0v) is 28.5. The lowest BCUT2D eigenvalue weighted by Crippen LogP contribution is -2.35. The first-order valence-corrected chi connectivity index (χ1v) is 17.2. The van der Waals surface area contributed by atoms with Gasteiger partial charge in [-0.2, -0.15) is 0 Å². The second kappa shape index (κ2) is 16.2. The van der Waals surface area contributed by atoms with Gasteiger partial charge >= 0.3 is 13.8 Å². The van der Waals surface area contributed by atoms with Crippen molar-refractivity contribution in [2.45, 2.75) is 66.3 Å². The number of esters is 1. The van der Waals surface area contributed by atoms with Crippen molar-refractivity contribution < 1.29 is 42.2 Å². The maximum atomic E-state index is 14.3. The van der Waals surface area contributed by atoms with Crippen molar-refractivity contribution >= 4 is 13.8 Å². The smallest absolute Gasteiger partial charge is 0.475 e. The second-order valence-corrected chi connectivity index (χ2v) is 13.2. The van der Waals surface area contributed by atoms with Gasteiger partial charge in [0.1, 0.15) is 19.3 Å². The molecule has 48 heavy (non-hydrogen) atoms. The molecule has 252 valence electrons. The second-order valence-electron chi connectivity index (χ2n) is 11.6. The number of aliphatic hydroxyl groups is 1. The Morgan fingerprint density at radius 2 is 1.04 bits per heavy atom. The fourth-order valence-corrected chi connectivity index (χ4v) is 6.41. The van der Waals surface area contributed by atoms with Crippen LogP contribution in [-0.2, 0) is 63.6 Å². The van der Waals surface area contributed by atoms with E-state index in [1.165, 1.54) is 0 Å². The molecule has 5 rings (SSSR count). The number of aryl methyl sites for hydroxylation is 4. The Morgan fingerprint density at radius 1 is 0.646 bits per heavy atom. The minimum Gasteiger partial charge on any atom is -0.485 e. The number of carbonyl (C=O) groups excluding carboxylic acids is 1. The van der Waals surface area contributed by atoms with Crippen molar-refractivity contribution in [3.05, 3.63) is 153 Å². The van der Waals surface area contributed by atoms with E-state index in [-0.39, 0.29) is 37.9 Å². The normalized spacial score (nSPS) is 15.4. The quantitative estimate of drug-likeness (QED) is 0.0946. The Hall–Kier alpha value is -4.24. The Kier molecular flexibility index (Phi) is 11.9. The molecule has 0 aliphatic carbocycles. The van der Waals surface area contributed by atoms with Gasteiger partial charge < -0.3 is 19.3 Å². The minimum absolute atomic E-state index is 0.0141. The molecule has 9 nitrogen and oxygen atoms in total. The van der Waals surface area contributed by atoms with Gasteiger partial charge in [0.25, 0.3) is 0 Å². The number of rotatable bonds is 16. The molecule has 0 amide bonds. The summed E-state index contributed by atoms with van der Waals surface area (Å²) in [5.41, 5.74) is 7.12. The lowest BCUT2D eigenvalue weighted by molar-refractivity contribution is -0.148. The van der Waals surface area contributed by atoms with E-state index in [0.717, 1.165) is 44.5 Å². The average molecular weight is 673 g/mol. The van der Waals surface area contributed by atoms with Crippen molar-refractivity contribution in [2.75, 3.05) is 6.61 Å². The highest BCUT2D eigenvalue weighted by molar-refractivity contribution is 7.48. The fraction of sp³-hybridized carbons (Fsp3) is 0.289. The molecule has 0 radical (unpaired) electrons. The Bertz CT molecular complexity index is 1750. The van der Waals surface area contributed by atoms with Crippen LogP contribution in [0.15, 0.2) is 109 Å². The van der Waals surface area contributed by atoms with E-state index >= 15 is 0 Å². The molecule has 4 aromatic rings. The summed E-state index contributed by atoms with van der Waals surface area (Å²) in [5.74, 6) is -0.942. The van der Waals surface area contributed by atoms with Crippen LogP contribution in [0.1, 0.15) is 44.5 Å². The number of hydrogen-bond acceptors (Lipinski definition) is 9. The van der Waals surface area contributed by atoms with Crippen molar-refractivity contribution in [2.24, 2.45) is 0 Å². The van der Waals surface area contributed by atoms with Gasteiger partial charge in [-0.05, 0) is 72.2 Å². The summed E-state index contributed by atoms with van der Waals surface area (Å²) in [4.78, 5) is 13.3. The van der Waals surface area contributed by atoms with Crippen molar-refractivity contribution in [3.63, 3.8) is 0 Å². The van der Waals surface area contributed by atoms with Crippen molar-refractivity contribution in [3.8, 4) is 0 Å². The van der Waals surface area contributed by atoms with E-state index in [9.17, 15) is 14.5 Å². The third-order valence-electron chi connectivity index (χ3n) is 8.24. The highest BCUT2D eigenvalue weighted by Gasteiger charge is 2.46. The van der Waals surface area contributed by atoms with Crippen LogP contribution in [0.5, 0.6) is 0 Å². The van der Waals surface area contributed by atoms with E-state index < -0.39 is 32.6 Å². The third-order valence-corrected chi connectivity index (χ3v) is 9.66. The molecule has 0 fully saturated rings. The fourth-order valence-electron chi connectivity index (χ4n) is 5.11. The van der Waals surface area contributed by atoms with Crippen LogP contribution >= 0.6 is 7.82 Å². The number of benzene rings is 4. The molecule has 0 saturated carbocycles. The van der Waals surface area contributed by atoms with Crippen LogP contribution in [0.25, 0.3) is 0 Å². The third kappa shape index (κ3) is 8.81. The van der Waals surface area contributed by atoms with E-state index in [1.54, 1.807) is 0 Å². The molecule has 0 saturated heterocycles. The van der Waals surface area contributed by atoms with Crippen LogP contribution in [-0.4, -0.2) is 29.9 Å². The predicted molar refractivity (Wildman–Crippen MR) is 180 cm³/mol. The summed E-state index contributed by atoms with van der Waals surface area (Å²) in [6.45, 7) is 6.99. The summed E-state index contributed by atoms with van der Waals surface area (Å²) >= 11 is 0. The van der Waals surface area contributed by atoms with E-state index in [2.05, 4.69) is 0 Å². The molecule has 0 spiro atoms. The van der Waals surface area contributed by atoms with Gasteiger partial charge in [0, 0.05) is 0 Å². The molecule has 2 atom stereocenters. The van der Waals surface area contributed by atoms with E-state index in [4.69, 9.17) is 27.8 Å². The van der Waals surface area contributed by atoms with E-state index in [1.807, 2.05) is 125 Å². The van der Waals surface area contributed by atoms with Crippen LogP contribution in [0.4, 0.5) is 0 Å². The zero-order chi connectivity index (χ0) is 34.1. The molecule has 4 aromatic carbocycles. The Balaban J connectivity index is 1.44. The minimum atomic E-state index is -4.41. The van der Waals surface area contributed by atoms with Crippen LogP contribution in [0.3, 0.4) is 0 Å². The van der Waals surface area contributed by atoms with Gasteiger partial charge in [-0.1, -0.05) is 97.1 Å². The first-order chi connectivity index (χ1) is 23.2. The van der Waals surface area contributed by atoms with Gasteiger partial charge in [0.15, 0.2) is 11.9 Å². The average Bonchev–Trinajstić information content (AvgIpc) is 3.40. The summed E-state index contributed by atoms with van der Waals surface area (Å²) in [5, 5.41) is 10.6. The maximum absolute atomic E-state index is 14.3. The lowest BCUT2D eigenvalue weighted by atomic mass is 10.1. The molecule has 1 N–H and O–H groups in total. The monoisotopic (exact) mass is 672 g/mol.